The Morgan fingerprint density at radius 1 is 1.39 bits per heavy atom. The summed E-state index contributed by atoms with van der Waals surface area (Å²) in [5.74, 6) is 0.460. The summed E-state index contributed by atoms with van der Waals surface area (Å²) in [4.78, 5) is 12.0. The summed E-state index contributed by atoms with van der Waals surface area (Å²) in [6, 6.07) is 10.7. The van der Waals surface area contributed by atoms with Gasteiger partial charge in [-0.05, 0) is 19.1 Å². The van der Waals surface area contributed by atoms with Crippen LogP contribution in [0.15, 0.2) is 54.0 Å². The lowest BCUT2D eigenvalue weighted by Gasteiger charge is -2.08. The lowest BCUT2D eigenvalue weighted by atomic mass is 10.2. The quantitative estimate of drug-likeness (QED) is 0.772. The Balaban J connectivity index is 2.38. The van der Waals surface area contributed by atoms with E-state index in [0.29, 0.717) is 17.9 Å². The zero-order valence-corrected chi connectivity index (χ0v) is 10.2. The molecule has 0 aliphatic heterocycles. The SMILES string of the molecule is C=C(OCC)c1cnn(-c2ccccc2)c(=O)c1. The molecule has 0 saturated carbocycles. The highest BCUT2D eigenvalue weighted by molar-refractivity contribution is 5.55. The van der Waals surface area contributed by atoms with Crippen LogP contribution in [0.25, 0.3) is 11.4 Å². The standard InChI is InChI=1S/C14H14N2O2/c1-3-18-11(2)12-9-14(17)16(15-10-12)13-7-5-4-6-8-13/h4-10H,2-3H2,1H3. The monoisotopic (exact) mass is 242 g/mol. The van der Waals surface area contributed by atoms with Gasteiger partial charge >= 0.3 is 0 Å². The van der Waals surface area contributed by atoms with Gasteiger partial charge in [-0.1, -0.05) is 24.8 Å². The maximum atomic E-state index is 12.0. The second kappa shape index (κ2) is 5.31. The van der Waals surface area contributed by atoms with Crippen LogP contribution in [0.1, 0.15) is 12.5 Å². The van der Waals surface area contributed by atoms with Crippen molar-refractivity contribution in [3.63, 3.8) is 0 Å². The average Bonchev–Trinajstić information content (AvgIpc) is 2.40. The van der Waals surface area contributed by atoms with E-state index in [1.54, 1.807) is 6.20 Å². The van der Waals surface area contributed by atoms with Crippen LogP contribution in [0.3, 0.4) is 0 Å². The van der Waals surface area contributed by atoms with Crippen molar-refractivity contribution in [2.75, 3.05) is 6.61 Å². The van der Waals surface area contributed by atoms with Gasteiger partial charge in [-0.3, -0.25) is 4.79 Å². The van der Waals surface area contributed by atoms with Gasteiger partial charge in [0.2, 0.25) is 0 Å². The maximum Gasteiger partial charge on any atom is 0.272 e. The van der Waals surface area contributed by atoms with Crippen LogP contribution in [0.5, 0.6) is 0 Å². The Morgan fingerprint density at radius 3 is 2.72 bits per heavy atom. The highest BCUT2D eigenvalue weighted by Gasteiger charge is 2.05. The Morgan fingerprint density at radius 2 is 2.11 bits per heavy atom. The molecule has 1 aromatic carbocycles. The second-order valence-electron chi connectivity index (χ2n) is 3.69. The topological polar surface area (TPSA) is 44.1 Å². The van der Waals surface area contributed by atoms with E-state index in [1.165, 1.54) is 10.7 Å². The first-order valence-electron chi connectivity index (χ1n) is 5.69. The largest absolute Gasteiger partial charge is 0.494 e. The molecule has 0 saturated heterocycles. The molecule has 0 fully saturated rings. The second-order valence-corrected chi connectivity index (χ2v) is 3.69. The summed E-state index contributed by atoms with van der Waals surface area (Å²) in [7, 11) is 0. The van der Waals surface area contributed by atoms with Crippen LogP contribution in [0.4, 0.5) is 0 Å². The maximum absolute atomic E-state index is 12.0. The van der Waals surface area contributed by atoms with Crippen LogP contribution in [-0.4, -0.2) is 16.4 Å². The van der Waals surface area contributed by atoms with Gasteiger partial charge in [-0.15, -0.1) is 0 Å². The molecule has 2 rings (SSSR count). The first-order valence-corrected chi connectivity index (χ1v) is 5.69. The van der Waals surface area contributed by atoms with Crippen molar-refractivity contribution in [3.05, 3.63) is 65.1 Å². The molecule has 0 aliphatic carbocycles. The molecule has 4 nitrogen and oxygen atoms in total. The molecule has 0 radical (unpaired) electrons. The Hall–Kier alpha value is -2.36. The Bertz CT molecular complexity index is 603. The number of rotatable bonds is 4. The molecule has 92 valence electrons. The number of nitrogens with zero attached hydrogens (tertiary/aromatic N) is 2. The van der Waals surface area contributed by atoms with Crippen molar-refractivity contribution in [2.24, 2.45) is 0 Å². The molecule has 0 spiro atoms. The van der Waals surface area contributed by atoms with Crippen molar-refractivity contribution < 1.29 is 4.74 Å². The first kappa shape index (κ1) is 12.1. The Kier molecular flexibility index (Phi) is 3.57. The van der Waals surface area contributed by atoms with Crippen molar-refractivity contribution >= 4 is 5.76 Å². The highest BCUT2D eigenvalue weighted by Crippen LogP contribution is 2.10. The van der Waals surface area contributed by atoms with E-state index in [4.69, 9.17) is 4.74 Å². The minimum atomic E-state index is -0.209. The molecular formula is C14H14N2O2. The van der Waals surface area contributed by atoms with Crippen LogP contribution in [-0.2, 0) is 4.74 Å². The normalized spacial score (nSPS) is 10.1. The molecule has 0 amide bonds. The van der Waals surface area contributed by atoms with Gasteiger partial charge in [0.05, 0.1) is 18.5 Å². The number of hydrogen-bond acceptors (Lipinski definition) is 3. The molecule has 0 N–H and O–H groups in total. The summed E-state index contributed by atoms with van der Waals surface area (Å²) in [6.07, 6.45) is 1.58. The molecule has 0 unspecified atom stereocenters. The summed E-state index contributed by atoms with van der Waals surface area (Å²) < 4.78 is 6.58. The number of para-hydroxylation sites is 1. The van der Waals surface area contributed by atoms with Gasteiger partial charge in [-0.25, -0.2) is 0 Å². The van der Waals surface area contributed by atoms with E-state index < -0.39 is 0 Å². The predicted molar refractivity (Wildman–Crippen MR) is 70.5 cm³/mol. The summed E-state index contributed by atoms with van der Waals surface area (Å²) in [6.45, 7) is 6.13. The summed E-state index contributed by atoms with van der Waals surface area (Å²) >= 11 is 0. The molecule has 1 aromatic heterocycles. The number of hydrogen-bond donors (Lipinski definition) is 0. The zero-order chi connectivity index (χ0) is 13.0. The van der Waals surface area contributed by atoms with Crippen molar-refractivity contribution in [1.29, 1.82) is 0 Å². The van der Waals surface area contributed by atoms with Crippen LogP contribution in [0, 0.1) is 0 Å². The molecule has 4 heteroatoms. The van der Waals surface area contributed by atoms with Gasteiger partial charge in [0, 0.05) is 11.6 Å². The van der Waals surface area contributed by atoms with Gasteiger partial charge < -0.3 is 4.74 Å². The third kappa shape index (κ3) is 2.48. The summed E-state index contributed by atoms with van der Waals surface area (Å²) in [5.41, 5.74) is 1.13. The fourth-order valence-electron chi connectivity index (χ4n) is 1.58. The molecule has 0 bridgehead atoms. The minimum absolute atomic E-state index is 0.209. The predicted octanol–water partition coefficient (Wildman–Crippen LogP) is 2.24. The third-order valence-corrected chi connectivity index (χ3v) is 2.44. The van der Waals surface area contributed by atoms with Crippen LogP contribution in [0.2, 0.25) is 0 Å². The molecule has 0 atom stereocenters. The number of aromatic nitrogens is 2. The molecule has 2 aromatic rings. The van der Waals surface area contributed by atoms with Gasteiger partial charge in [0.1, 0.15) is 5.76 Å². The molecule has 1 heterocycles. The van der Waals surface area contributed by atoms with E-state index in [2.05, 4.69) is 11.7 Å². The highest BCUT2D eigenvalue weighted by atomic mass is 16.5. The van der Waals surface area contributed by atoms with Crippen molar-refractivity contribution in [3.8, 4) is 5.69 Å². The van der Waals surface area contributed by atoms with E-state index in [-0.39, 0.29) is 5.56 Å². The van der Waals surface area contributed by atoms with Crippen LogP contribution >= 0.6 is 0 Å². The zero-order valence-electron chi connectivity index (χ0n) is 10.2. The van der Waals surface area contributed by atoms with E-state index in [9.17, 15) is 4.79 Å². The molecule has 18 heavy (non-hydrogen) atoms. The van der Waals surface area contributed by atoms with Crippen molar-refractivity contribution in [2.45, 2.75) is 6.92 Å². The molecular weight excluding hydrogens is 228 g/mol. The van der Waals surface area contributed by atoms with Gasteiger partial charge in [0.25, 0.3) is 5.56 Å². The van der Waals surface area contributed by atoms with E-state index >= 15 is 0 Å². The minimum Gasteiger partial charge on any atom is -0.494 e. The number of benzene rings is 1. The Labute approximate surface area is 105 Å². The lowest BCUT2D eigenvalue weighted by molar-refractivity contribution is 0.299. The molecule has 0 aliphatic rings. The summed E-state index contributed by atoms with van der Waals surface area (Å²) in [5, 5.41) is 4.12. The van der Waals surface area contributed by atoms with E-state index in [0.717, 1.165) is 5.69 Å². The van der Waals surface area contributed by atoms with Gasteiger partial charge in [-0.2, -0.15) is 9.78 Å². The first-order chi connectivity index (χ1) is 8.72. The van der Waals surface area contributed by atoms with Crippen molar-refractivity contribution in [1.82, 2.24) is 9.78 Å². The van der Waals surface area contributed by atoms with E-state index in [1.807, 2.05) is 37.3 Å². The average molecular weight is 242 g/mol. The fraction of sp³-hybridized carbons (Fsp3) is 0.143. The number of ether oxygens (including phenoxy) is 1. The fourth-order valence-corrected chi connectivity index (χ4v) is 1.58. The van der Waals surface area contributed by atoms with Gasteiger partial charge in [0.15, 0.2) is 0 Å². The lowest BCUT2D eigenvalue weighted by Crippen LogP contribution is -2.20. The third-order valence-electron chi connectivity index (χ3n) is 2.44. The smallest absolute Gasteiger partial charge is 0.272 e. The van der Waals surface area contributed by atoms with Crippen LogP contribution < -0.4 is 5.56 Å².